The van der Waals surface area contributed by atoms with E-state index in [1.807, 2.05) is 13.2 Å². The van der Waals surface area contributed by atoms with Crippen molar-refractivity contribution in [1.29, 1.82) is 0 Å². The van der Waals surface area contributed by atoms with Gasteiger partial charge in [-0.3, -0.25) is 0 Å². The van der Waals surface area contributed by atoms with Gasteiger partial charge in [0.2, 0.25) is 16.0 Å². The van der Waals surface area contributed by atoms with Gasteiger partial charge in [0.05, 0.1) is 12.4 Å². The van der Waals surface area contributed by atoms with Gasteiger partial charge in [-0.15, -0.1) is 0 Å². The minimum atomic E-state index is -3.53. The molecule has 0 spiro atoms. The second-order valence-electron chi connectivity index (χ2n) is 4.84. The van der Waals surface area contributed by atoms with Crippen LogP contribution in [0.15, 0.2) is 17.3 Å². The maximum atomic E-state index is 12.2. The molecule has 1 aromatic rings. The topological polar surface area (TPSA) is 84.0 Å². The summed E-state index contributed by atoms with van der Waals surface area (Å²) in [5.41, 5.74) is 0. The Morgan fingerprint density at radius 1 is 1.35 bits per heavy atom. The Hall–Kier alpha value is -0.860. The van der Waals surface area contributed by atoms with Crippen LogP contribution in [0.4, 0.5) is 5.95 Å². The van der Waals surface area contributed by atoms with Gasteiger partial charge in [0.25, 0.3) is 0 Å². The molecule has 1 aliphatic carbocycles. The maximum Gasteiger partial charge on any atom is 0.243 e. The highest BCUT2D eigenvalue weighted by atomic mass is 32.2. The predicted octanol–water partition coefficient (Wildman–Crippen LogP) is 1.47. The normalized spacial score (nSPS) is 17.5. The molecule has 1 heterocycles. The van der Waals surface area contributed by atoms with Gasteiger partial charge in [-0.2, -0.15) is 11.8 Å². The number of sulfonamides is 1. The fraction of sp³-hybridized carbons (Fsp3) is 0.667. The Morgan fingerprint density at radius 2 is 2.00 bits per heavy atom. The van der Waals surface area contributed by atoms with Gasteiger partial charge in [0.15, 0.2) is 0 Å². The van der Waals surface area contributed by atoms with Gasteiger partial charge in [-0.1, -0.05) is 6.42 Å². The van der Waals surface area contributed by atoms with E-state index in [2.05, 4.69) is 20.0 Å². The molecule has 0 aromatic carbocycles. The van der Waals surface area contributed by atoms with Crippen LogP contribution in [-0.4, -0.2) is 42.5 Å². The second-order valence-corrected chi connectivity index (χ2v) is 7.88. The molecule has 2 rings (SSSR count). The molecule has 0 atom stereocenters. The van der Waals surface area contributed by atoms with Crippen LogP contribution in [0.25, 0.3) is 0 Å². The van der Waals surface area contributed by atoms with Gasteiger partial charge in [0.1, 0.15) is 4.90 Å². The number of rotatable bonds is 7. The first-order valence-electron chi connectivity index (χ1n) is 6.62. The van der Waals surface area contributed by atoms with Gasteiger partial charge >= 0.3 is 0 Å². The fourth-order valence-corrected chi connectivity index (χ4v) is 4.06. The first-order valence-corrected chi connectivity index (χ1v) is 9.33. The van der Waals surface area contributed by atoms with Crippen molar-refractivity contribution < 1.29 is 8.42 Å². The van der Waals surface area contributed by atoms with Crippen molar-refractivity contribution in [1.82, 2.24) is 14.7 Å². The summed E-state index contributed by atoms with van der Waals surface area (Å²) in [6.45, 7) is 3.09. The first kappa shape index (κ1) is 15.5. The molecule has 8 heteroatoms. The molecule has 0 bridgehead atoms. The zero-order valence-electron chi connectivity index (χ0n) is 11.7. The minimum absolute atomic E-state index is 0.0671. The van der Waals surface area contributed by atoms with Crippen LogP contribution >= 0.6 is 11.8 Å². The number of hydrogen-bond donors (Lipinski definition) is 2. The number of nitrogens with zero attached hydrogens (tertiary/aromatic N) is 2. The summed E-state index contributed by atoms with van der Waals surface area (Å²) in [6, 6.07) is 0. The Bertz CT molecular complexity index is 536. The molecule has 0 radical (unpaired) electrons. The Morgan fingerprint density at radius 3 is 2.45 bits per heavy atom. The molecule has 0 unspecified atom stereocenters. The van der Waals surface area contributed by atoms with E-state index < -0.39 is 10.0 Å². The van der Waals surface area contributed by atoms with E-state index in [4.69, 9.17) is 0 Å². The third-order valence-corrected chi connectivity index (χ3v) is 6.33. The average Bonchev–Trinajstić information content (AvgIpc) is 2.39. The van der Waals surface area contributed by atoms with E-state index in [0.29, 0.717) is 19.0 Å². The van der Waals surface area contributed by atoms with Gasteiger partial charge in [-0.25, -0.2) is 23.1 Å². The molecule has 0 aliphatic heterocycles. The molecule has 0 amide bonds. The molecule has 6 nitrogen and oxygen atoms in total. The van der Waals surface area contributed by atoms with Crippen molar-refractivity contribution in [3.8, 4) is 0 Å². The standard InChI is InChI=1S/C12H20N4O2S2/c1-3-13-11-14-7-10(8-15-11)20(17,18)16-9-12(19-2)5-4-6-12/h7-8,16H,3-6,9H2,1-2H3,(H,13,14,15). The molecular weight excluding hydrogens is 296 g/mol. The quantitative estimate of drug-likeness (QED) is 0.792. The van der Waals surface area contributed by atoms with E-state index >= 15 is 0 Å². The molecule has 2 N–H and O–H groups in total. The molecule has 1 aliphatic rings. The van der Waals surface area contributed by atoms with E-state index in [1.165, 1.54) is 18.8 Å². The molecule has 1 saturated carbocycles. The molecule has 1 fully saturated rings. The van der Waals surface area contributed by atoms with Crippen molar-refractivity contribution in [2.75, 3.05) is 24.7 Å². The van der Waals surface area contributed by atoms with Crippen LogP contribution in [-0.2, 0) is 10.0 Å². The SMILES string of the molecule is CCNc1ncc(S(=O)(=O)NCC2(SC)CCC2)cn1. The van der Waals surface area contributed by atoms with Crippen LogP contribution in [0.2, 0.25) is 0 Å². The van der Waals surface area contributed by atoms with Crippen molar-refractivity contribution in [3.63, 3.8) is 0 Å². The fourth-order valence-electron chi connectivity index (χ4n) is 2.04. The number of aromatic nitrogens is 2. The Labute approximate surface area is 124 Å². The van der Waals surface area contributed by atoms with E-state index in [1.54, 1.807) is 11.8 Å². The lowest BCUT2D eigenvalue weighted by molar-refractivity contribution is 0.362. The number of anilines is 1. The smallest absolute Gasteiger partial charge is 0.243 e. The van der Waals surface area contributed by atoms with Crippen LogP contribution in [0.1, 0.15) is 26.2 Å². The second kappa shape index (κ2) is 6.28. The lowest BCUT2D eigenvalue weighted by Crippen LogP contribution is -2.45. The number of hydrogen-bond acceptors (Lipinski definition) is 6. The summed E-state index contributed by atoms with van der Waals surface area (Å²) in [5, 5.41) is 2.93. The monoisotopic (exact) mass is 316 g/mol. The lowest BCUT2D eigenvalue weighted by atomic mass is 9.84. The van der Waals surface area contributed by atoms with E-state index in [9.17, 15) is 8.42 Å². The average molecular weight is 316 g/mol. The van der Waals surface area contributed by atoms with Crippen LogP contribution in [0.5, 0.6) is 0 Å². The van der Waals surface area contributed by atoms with Crippen LogP contribution in [0.3, 0.4) is 0 Å². The van der Waals surface area contributed by atoms with Gasteiger partial charge in [0, 0.05) is 17.8 Å². The molecule has 112 valence electrons. The number of thioether (sulfide) groups is 1. The summed E-state index contributed by atoms with van der Waals surface area (Å²) in [4.78, 5) is 8.08. The van der Waals surface area contributed by atoms with Crippen molar-refractivity contribution in [3.05, 3.63) is 12.4 Å². The summed E-state index contributed by atoms with van der Waals surface area (Å²) in [5.74, 6) is 0.436. The Balaban J connectivity index is 2.02. The molecule has 0 saturated heterocycles. The van der Waals surface area contributed by atoms with Gasteiger partial charge < -0.3 is 5.32 Å². The maximum absolute atomic E-state index is 12.2. The zero-order valence-corrected chi connectivity index (χ0v) is 13.4. The number of nitrogens with one attached hydrogen (secondary N) is 2. The van der Waals surface area contributed by atoms with Crippen LogP contribution in [0, 0.1) is 0 Å². The minimum Gasteiger partial charge on any atom is -0.355 e. The molecule has 1 aromatic heterocycles. The predicted molar refractivity (Wildman–Crippen MR) is 81.5 cm³/mol. The van der Waals surface area contributed by atoms with E-state index in [-0.39, 0.29) is 9.64 Å². The third kappa shape index (κ3) is 3.42. The first-order chi connectivity index (χ1) is 9.51. The van der Waals surface area contributed by atoms with Crippen molar-refractivity contribution in [2.45, 2.75) is 35.8 Å². The lowest BCUT2D eigenvalue weighted by Gasteiger charge is -2.40. The summed E-state index contributed by atoms with van der Waals surface area (Å²) < 4.78 is 27.1. The Kier molecular flexibility index (Phi) is 4.87. The van der Waals surface area contributed by atoms with Crippen molar-refractivity contribution in [2.24, 2.45) is 0 Å². The van der Waals surface area contributed by atoms with Gasteiger partial charge in [-0.05, 0) is 26.0 Å². The zero-order chi connectivity index (χ0) is 14.6. The summed E-state index contributed by atoms with van der Waals surface area (Å²) >= 11 is 1.74. The third-order valence-electron chi connectivity index (χ3n) is 3.56. The highest BCUT2D eigenvalue weighted by Crippen LogP contribution is 2.42. The highest BCUT2D eigenvalue weighted by Gasteiger charge is 2.37. The summed E-state index contributed by atoms with van der Waals surface area (Å²) in [7, 11) is -3.53. The summed E-state index contributed by atoms with van der Waals surface area (Å²) in [6.07, 6.45) is 7.99. The van der Waals surface area contributed by atoms with Crippen molar-refractivity contribution >= 4 is 27.7 Å². The molecular formula is C12H20N4O2S2. The highest BCUT2D eigenvalue weighted by molar-refractivity contribution is 8.00. The van der Waals surface area contributed by atoms with Crippen LogP contribution < -0.4 is 10.0 Å². The largest absolute Gasteiger partial charge is 0.355 e. The van der Waals surface area contributed by atoms with E-state index in [0.717, 1.165) is 12.8 Å². The molecule has 20 heavy (non-hydrogen) atoms.